The molecule has 4 aromatic rings. The minimum absolute atomic E-state index is 0.0240. The molecule has 0 radical (unpaired) electrons. The Morgan fingerprint density at radius 3 is 2.52 bits per heavy atom. The topological polar surface area (TPSA) is 99.4 Å². The molecule has 0 amide bonds. The lowest BCUT2D eigenvalue weighted by Crippen LogP contribution is -2.44. The zero-order valence-electron chi connectivity index (χ0n) is 21.7. The van der Waals surface area contributed by atoms with Crippen molar-refractivity contribution in [2.24, 2.45) is 5.92 Å². The van der Waals surface area contributed by atoms with Crippen LogP contribution in [0.3, 0.4) is 0 Å². The number of imidazole rings is 1. The largest absolute Gasteiger partial charge is 0.494 e. The number of hydrogen-bond donors (Lipinski definition) is 1. The number of nitrogens with zero attached hydrogens (tertiary/aromatic N) is 4. The highest BCUT2D eigenvalue weighted by atomic mass is 35.5. The second kappa shape index (κ2) is 11.5. The van der Waals surface area contributed by atoms with Gasteiger partial charge in [-0.15, -0.1) is 0 Å². The monoisotopic (exact) mass is 596 g/mol. The number of alkyl halides is 3. The lowest BCUT2D eigenvalue weighted by molar-refractivity contribution is -0.235. The van der Waals surface area contributed by atoms with Crippen LogP contribution >= 0.6 is 23.2 Å². The van der Waals surface area contributed by atoms with Crippen molar-refractivity contribution in [2.75, 3.05) is 6.61 Å². The highest BCUT2D eigenvalue weighted by Gasteiger charge is 2.50. The molecule has 40 heavy (non-hydrogen) atoms. The molecule has 0 aliphatic heterocycles. The minimum Gasteiger partial charge on any atom is -0.494 e. The van der Waals surface area contributed by atoms with E-state index >= 15 is 0 Å². The van der Waals surface area contributed by atoms with Gasteiger partial charge in [-0.05, 0) is 56.2 Å². The van der Waals surface area contributed by atoms with Crippen molar-refractivity contribution < 1.29 is 32.5 Å². The first-order chi connectivity index (χ1) is 18.8. The molecular formula is C27H25Cl2F3N4O4. The van der Waals surface area contributed by atoms with E-state index in [9.17, 15) is 18.0 Å². The number of carbonyl (C=O) groups is 1. The number of hydrogen-bond acceptors (Lipinski definition) is 6. The quantitative estimate of drug-likeness (QED) is 0.209. The van der Waals surface area contributed by atoms with Gasteiger partial charge in [-0.3, -0.25) is 4.79 Å². The Kier molecular flexibility index (Phi) is 8.46. The summed E-state index contributed by atoms with van der Waals surface area (Å²) in [6.07, 6.45) is -3.25. The van der Waals surface area contributed by atoms with Gasteiger partial charge in [0.25, 0.3) is 0 Å². The first kappa shape index (κ1) is 29.4. The summed E-state index contributed by atoms with van der Waals surface area (Å²) >= 11 is 12.8. The normalized spacial score (nSPS) is 12.9. The van der Waals surface area contributed by atoms with Crippen molar-refractivity contribution in [3.8, 4) is 23.0 Å². The fourth-order valence-electron chi connectivity index (χ4n) is 3.71. The molecule has 0 bridgehead atoms. The van der Waals surface area contributed by atoms with E-state index in [-0.39, 0.29) is 35.2 Å². The van der Waals surface area contributed by atoms with E-state index in [1.54, 1.807) is 47.9 Å². The first-order valence-electron chi connectivity index (χ1n) is 12.1. The van der Waals surface area contributed by atoms with Crippen molar-refractivity contribution in [1.82, 2.24) is 19.5 Å². The number of rotatable bonds is 10. The van der Waals surface area contributed by atoms with Crippen molar-refractivity contribution >= 4 is 40.3 Å². The molecule has 1 atom stereocenters. The lowest BCUT2D eigenvalue weighted by atomic mass is 10.1. The van der Waals surface area contributed by atoms with Gasteiger partial charge in [-0.2, -0.15) is 18.2 Å². The van der Waals surface area contributed by atoms with E-state index in [0.717, 1.165) is 25.7 Å². The van der Waals surface area contributed by atoms with Gasteiger partial charge in [0, 0.05) is 10.6 Å². The van der Waals surface area contributed by atoms with Crippen LogP contribution in [0.5, 0.6) is 11.6 Å². The molecule has 8 nitrogen and oxygen atoms in total. The van der Waals surface area contributed by atoms with Crippen molar-refractivity contribution in [3.05, 3.63) is 64.4 Å². The van der Waals surface area contributed by atoms with Gasteiger partial charge in [-0.25, -0.2) is 9.97 Å². The minimum atomic E-state index is -4.67. The number of carboxylic acids is 1. The Hall–Kier alpha value is -3.57. The highest BCUT2D eigenvalue weighted by Crippen LogP contribution is 2.38. The molecule has 1 N–H and O–H groups in total. The lowest BCUT2D eigenvalue weighted by Gasteiger charge is -2.27. The maximum Gasteiger partial charge on any atom is 0.427 e. The number of aliphatic carboxylic acids is 1. The smallest absolute Gasteiger partial charge is 0.427 e. The molecule has 0 fully saturated rings. The highest BCUT2D eigenvalue weighted by molar-refractivity contribution is 6.33. The second-order valence-corrected chi connectivity index (χ2v) is 10.5. The SMILES string of the molecule is CC(CCOc1ccc(-c2nc3c(OC(C)(C)C(F)(F)F)ncnc3n2Cc2cccc(Cl)c2)c(Cl)c1)C(=O)O. The summed E-state index contributed by atoms with van der Waals surface area (Å²) < 4.78 is 53.4. The molecule has 2 aromatic carbocycles. The Morgan fingerprint density at radius 2 is 1.88 bits per heavy atom. The van der Waals surface area contributed by atoms with Gasteiger partial charge in [0.05, 0.1) is 24.1 Å². The molecule has 13 heteroatoms. The molecule has 0 aliphatic carbocycles. The number of aromatic nitrogens is 4. The predicted octanol–water partition coefficient (Wildman–Crippen LogP) is 7.06. The van der Waals surface area contributed by atoms with Crippen LogP contribution in [0.2, 0.25) is 10.0 Å². The zero-order chi connectivity index (χ0) is 29.2. The van der Waals surface area contributed by atoms with Crippen molar-refractivity contribution in [1.29, 1.82) is 0 Å². The Morgan fingerprint density at radius 1 is 1.12 bits per heavy atom. The Balaban J connectivity index is 1.77. The van der Waals surface area contributed by atoms with E-state index in [2.05, 4.69) is 15.0 Å². The summed E-state index contributed by atoms with van der Waals surface area (Å²) in [5, 5.41) is 9.80. The Bertz CT molecular complexity index is 1540. The van der Waals surface area contributed by atoms with Crippen molar-refractivity contribution in [3.63, 3.8) is 0 Å². The van der Waals surface area contributed by atoms with E-state index in [1.165, 1.54) is 0 Å². The van der Waals surface area contributed by atoms with Gasteiger partial charge >= 0.3 is 12.1 Å². The van der Waals surface area contributed by atoms with E-state index in [1.807, 2.05) is 6.07 Å². The molecule has 212 valence electrons. The fourth-order valence-corrected chi connectivity index (χ4v) is 4.18. The molecular weight excluding hydrogens is 572 g/mol. The van der Waals surface area contributed by atoms with Crippen LogP contribution in [-0.4, -0.2) is 49.0 Å². The van der Waals surface area contributed by atoms with Crippen LogP contribution in [0.25, 0.3) is 22.6 Å². The van der Waals surface area contributed by atoms with Crippen LogP contribution in [-0.2, 0) is 11.3 Å². The maximum absolute atomic E-state index is 13.6. The molecule has 0 saturated heterocycles. The van der Waals surface area contributed by atoms with Crippen LogP contribution < -0.4 is 9.47 Å². The summed E-state index contributed by atoms with van der Waals surface area (Å²) in [6.45, 7) is 3.77. The molecule has 1 unspecified atom stereocenters. The first-order valence-corrected chi connectivity index (χ1v) is 12.9. The van der Waals surface area contributed by atoms with Gasteiger partial charge in [0.15, 0.2) is 16.8 Å². The molecule has 4 rings (SSSR count). The molecule has 2 aromatic heterocycles. The third-order valence-corrected chi connectivity index (χ3v) is 6.73. The van der Waals surface area contributed by atoms with Gasteiger partial charge in [0.2, 0.25) is 5.88 Å². The molecule has 0 saturated carbocycles. The Labute approximate surface area is 237 Å². The number of fused-ring (bicyclic) bond motifs is 1. The van der Waals surface area contributed by atoms with Gasteiger partial charge in [0.1, 0.15) is 17.9 Å². The van der Waals surface area contributed by atoms with Gasteiger partial charge < -0.3 is 19.1 Å². The maximum atomic E-state index is 13.6. The van der Waals surface area contributed by atoms with E-state index in [4.69, 9.17) is 37.8 Å². The summed E-state index contributed by atoms with van der Waals surface area (Å²) in [4.78, 5) is 23.9. The predicted molar refractivity (Wildman–Crippen MR) is 144 cm³/mol. The summed E-state index contributed by atoms with van der Waals surface area (Å²) in [5.41, 5.74) is -1.05. The number of benzene rings is 2. The van der Waals surface area contributed by atoms with Gasteiger partial charge in [-0.1, -0.05) is 42.3 Å². The molecule has 0 spiro atoms. The third-order valence-electron chi connectivity index (χ3n) is 6.19. The summed E-state index contributed by atoms with van der Waals surface area (Å²) in [7, 11) is 0. The van der Waals surface area contributed by atoms with Crippen LogP contribution in [0, 0.1) is 5.92 Å². The van der Waals surface area contributed by atoms with Crippen molar-refractivity contribution in [2.45, 2.75) is 45.5 Å². The van der Waals surface area contributed by atoms with E-state index < -0.39 is 23.7 Å². The number of ether oxygens (including phenoxy) is 2. The van der Waals surface area contributed by atoms with Crippen LogP contribution in [0.15, 0.2) is 48.8 Å². The van der Waals surface area contributed by atoms with Crippen LogP contribution in [0.1, 0.15) is 32.8 Å². The second-order valence-electron chi connectivity index (χ2n) is 9.63. The summed E-state index contributed by atoms with van der Waals surface area (Å²) in [6, 6.07) is 11.9. The zero-order valence-corrected chi connectivity index (χ0v) is 23.2. The average Bonchev–Trinajstić information content (AvgIpc) is 3.22. The van der Waals surface area contributed by atoms with Crippen LogP contribution in [0.4, 0.5) is 13.2 Å². The average molecular weight is 597 g/mol. The summed E-state index contributed by atoms with van der Waals surface area (Å²) in [5.74, 6) is -1.09. The van der Waals surface area contributed by atoms with E-state index in [0.29, 0.717) is 28.6 Å². The number of carboxylic acid groups (broad SMARTS) is 1. The fraction of sp³-hybridized carbons (Fsp3) is 0.333. The number of halogens is 5. The standard InChI is InChI=1S/C27H25Cl2F3N4O4/c1-15(25(37)38)9-10-39-18-7-8-19(20(29)12-18)22-35-21-23(36(22)13-16-5-4-6-17(28)11-16)33-14-34-24(21)40-26(2,3)27(30,31)32/h4-8,11-12,14-15H,9-10,13H2,1-3H3,(H,37,38). The molecule has 2 heterocycles. The molecule has 0 aliphatic rings. The third kappa shape index (κ3) is 6.42.